The van der Waals surface area contributed by atoms with Gasteiger partial charge in [-0.15, -0.1) is 0 Å². The van der Waals surface area contributed by atoms with Gasteiger partial charge in [-0.3, -0.25) is 19.3 Å². The second-order valence-corrected chi connectivity index (χ2v) is 9.54. The Balaban J connectivity index is 1.48. The average molecular weight is 532 g/mol. The van der Waals surface area contributed by atoms with Gasteiger partial charge in [-0.05, 0) is 66.6 Å². The zero-order valence-electron chi connectivity index (χ0n) is 21.9. The Morgan fingerprint density at radius 3 is 2.33 bits per heavy atom. The lowest BCUT2D eigenvalue weighted by molar-refractivity contribution is 0.0970. The van der Waals surface area contributed by atoms with Gasteiger partial charge in [-0.2, -0.15) is 0 Å². The minimum absolute atomic E-state index is 0.00674. The van der Waals surface area contributed by atoms with Crippen LogP contribution >= 0.6 is 0 Å². The second-order valence-electron chi connectivity index (χ2n) is 9.54. The number of hydrogen-bond acceptors (Lipinski definition) is 6. The Bertz CT molecular complexity index is 1810. The topological polar surface area (TPSA) is 86.0 Å². The summed E-state index contributed by atoms with van der Waals surface area (Å²) in [6.07, 6.45) is 0. The summed E-state index contributed by atoms with van der Waals surface area (Å²) in [6.45, 7) is 1.84. The fourth-order valence-electron chi connectivity index (χ4n) is 5.07. The maximum Gasteiger partial charge on any atom is 0.295 e. The van der Waals surface area contributed by atoms with E-state index in [1.54, 1.807) is 67.8 Å². The number of ketones is 1. The first kappa shape index (κ1) is 25.1. The first-order valence-electron chi connectivity index (χ1n) is 12.8. The molecule has 0 fully saturated rings. The predicted molar refractivity (Wildman–Crippen MR) is 151 cm³/mol. The van der Waals surface area contributed by atoms with Crippen LogP contribution in [0.3, 0.4) is 0 Å². The summed E-state index contributed by atoms with van der Waals surface area (Å²) in [4.78, 5) is 41.1. The molecule has 5 aromatic rings. The number of amides is 1. The lowest BCUT2D eigenvalue weighted by Crippen LogP contribution is -2.29. The zero-order valence-corrected chi connectivity index (χ0v) is 21.9. The minimum Gasteiger partial charge on any atom is -0.493 e. The van der Waals surface area contributed by atoms with E-state index in [4.69, 9.17) is 13.9 Å². The van der Waals surface area contributed by atoms with Gasteiger partial charge in [0, 0.05) is 11.3 Å². The van der Waals surface area contributed by atoms with E-state index >= 15 is 0 Å². The van der Waals surface area contributed by atoms with E-state index in [0.29, 0.717) is 45.9 Å². The first-order chi connectivity index (χ1) is 19.5. The number of benzene rings is 4. The summed E-state index contributed by atoms with van der Waals surface area (Å²) < 4.78 is 17.7. The van der Waals surface area contributed by atoms with Gasteiger partial charge in [0.25, 0.3) is 5.91 Å². The summed E-state index contributed by atoms with van der Waals surface area (Å²) in [5.74, 6) is 0.460. The number of hydrogen-bond donors (Lipinski definition) is 0. The van der Waals surface area contributed by atoms with Crippen LogP contribution in [-0.4, -0.2) is 18.8 Å². The molecule has 4 aromatic carbocycles. The summed E-state index contributed by atoms with van der Waals surface area (Å²) in [6, 6.07) is 28.0. The number of ether oxygens (including phenoxy) is 2. The standard InChI is InChI=1S/C33H25NO6/c1-20(35)22-12-15-24(16-13-22)34-30(29-31(36)25-10-6-7-11-26(25)40-32(29)33(34)37)23-14-17-27(28(18-23)38-2)39-19-21-8-4-3-5-9-21/h3-18,30H,19H2,1-2H3. The van der Waals surface area contributed by atoms with E-state index in [2.05, 4.69) is 0 Å². The molecule has 1 aliphatic heterocycles. The number of carbonyl (C=O) groups is 2. The van der Waals surface area contributed by atoms with Crippen molar-refractivity contribution in [2.45, 2.75) is 19.6 Å². The molecule has 0 radical (unpaired) electrons. The number of para-hydroxylation sites is 1. The van der Waals surface area contributed by atoms with E-state index in [-0.39, 0.29) is 22.5 Å². The number of fused-ring (bicyclic) bond motifs is 2. The number of nitrogens with zero attached hydrogens (tertiary/aromatic N) is 1. The van der Waals surface area contributed by atoms with E-state index < -0.39 is 11.9 Å². The highest BCUT2D eigenvalue weighted by Crippen LogP contribution is 2.43. The van der Waals surface area contributed by atoms with Crippen LogP contribution in [0.1, 0.15) is 50.6 Å². The molecule has 0 bridgehead atoms. The van der Waals surface area contributed by atoms with Gasteiger partial charge in [0.2, 0.25) is 5.76 Å². The van der Waals surface area contributed by atoms with Crippen LogP contribution in [0.15, 0.2) is 106 Å². The van der Waals surface area contributed by atoms with Crippen molar-refractivity contribution in [1.29, 1.82) is 0 Å². The van der Waals surface area contributed by atoms with Crippen molar-refractivity contribution in [2.24, 2.45) is 0 Å². The Labute approximate surface area is 230 Å². The number of carbonyl (C=O) groups excluding carboxylic acids is 2. The van der Waals surface area contributed by atoms with E-state index in [1.165, 1.54) is 11.8 Å². The maximum absolute atomic E-state index is 13.8. The Hall–Kier alpha value is -5.17. The molecular formula is C33H25NO6. The van der Waals surface area contributed by atoms with E-state index in [9.17, 15) is 14.4 Å². The summed E-state index contributed by atoms with van der Waals surface area (Å²) in [5, 5.41) is 0.391. The van der Waals surface area contributed by atoms with E-state index in [0.717, 1.165) is 5.56 Å². The molecule has 7 nitrogen and oxygen atoms in total. The lowest BCUT2D eigenvalue weighted by atomic mass is 9.97. The molecule has 198 valence electrons. The van der Waals surface area contributed by atoms with Gasteiger partial charge in [0.05, 0.1) is 24.1 Å². The monoisotopic (exact) mass is 531 g/mol. The van der Waals surface area contributed by atoms with Crippen LogP contribution in [0.4, 0.5) is 5.69 Å². The largest absolute Gasteiger partial charge is 0.493 e. The normalized spacial score (nSPS) is 14.3. The summed E-state index contributed by atoms with van der Waals surface area (Å²) in [7, 11) is 1.54. The minimum atomic E-state index is -0.788. The van der Waals surface area contributed by atoms with Crippen molar-refractivity contribution in [3.63, 3.8) is 0 Å². The smallest absolute Gasteiger partial charge is 0.295 e. The lowest BCUT2D eigenvalue weighted by Gasteiger charge is -2.26. The number of methoxy groups -OCH3 is 1. The van der Waals surface area contributed by atoms with Crippen molar-refractivity contribution in [3.05, 3.63) is 135 Å². The van der Waals surface area contributed by atoms with Gasteiger partial charge in [0.15, 0.2) is 22.7 Å². The van der Waals surface area contributed by atoms with Crippen molar-refractivity contribution < 1.29 is 23.5 Å². The molecule has 0 saturated heterocycles. The van der Waals surface area contributed by atoms with Crippen molar-refractivity contribution in [2.75, 3.05) is 12.0 Å². The van der Waals surface area contributed by atoms with Crippen LogP contribution < -0.4 is 19.8 Å². The fourth-order valence-corrected chi connectivity index (χ4v) is 5.07. The predicted octanol–water partition coefficient (Wildman–Crippen LogP) is 6.33. The molecule has 1 aromatic heterocycles. The molecule has 1 unspecified atom stereocenters. The van der Waals surface area contributed by atoms with Gasteiger partial charge in [-0.25, -0.2) is 0 Å². The number of Topliss-reactive ketones (excluding diaryl/α,β-unsaturated/α-hetero) is 1. The third-order valence-corrected chi connectivity index (χ3v) is 7.07. The van der Waals surface area contributed by atoms with Crippen molar-refractivity contribution in [1.82, 2.24) is 0 Å². The molecule has 1 amide bonds. The number of rotatable bonds is 7. The first-order valence-corrected chi connectivity index (χ1v) is 12.8. The zero-order chi connectivity index (χ0) is 27.8. The molecule has 40 heavy (non-hydrogen) atoms. The van der Waals surface area contributed by atoms with Gasteiger partial charge in [0.1, 0.15) is 12.2 Å². The van der Waals surface area contributed by atoms with Crippen molar-refractivity contribution in [3.8, 4) is 11.5 Å². The fraction of sp³-hybridized carbons (Fsp3) is 0.121. The van der Waals surface area contributed by atoms with E-state index in [1.807, 2.05) is 36.4 Å². The summed E-state index contributed by atoms with van der Waals surface area (Å²) in [5.41, 5.74) is 3.02. The molecule has 1 aliphatic rings. The van der Waals surface area contributed by atoms with Crippen LogP contribution in [0.25, 0.3) is 11.0 Å². The van der Waals surface area contributed by atoms with Crippen molar-refractivity contribution >= 4 is 28.3 Å². The molecule has 0 saturated carbocycles. The average Bonchev–Trinajstić information content (AvgIpc) is 3.28. The maximum atomic E-state index is 13.8. The Morgan fingerprint density at radius 2 is 1.60 bits per heavy atom. The summed E-state index contributed by atoms with van der Waals surface area (Å²) >= 11 is 0. The van der Waals surface area contributed by atoms with Gasteiger partial charge < -0.3 is 13.9 Å². The molecule has 1 atom stereocenters. The van der Waals surface area contributed by atoms with Crippen LogP contribution in [0.2, 0.25) is 0 Å². The van der Waals surface area contributed by atoms with Crippen LogP contribution in [0.5, 0.6) is 11.5 Å². The molecule has 7 heteroatoms. The third-order valence-electron chi connectivity index (χ3n) is 7.07. The van der Waals surface area contributed by atoms with Crippen LogP contribution in [-0.2, 0) is 6.61 Å². The quantitative estimate of drug-likeness (QED) is 0.228. The highest BCUT2D eigenvalue weighted by atomic mass is 16.5. The van der Waals surface area contributed by atoms with Gasteiger partial charge in [-0.1, -0.05) is 48.5 Å². The highest BCUT2D eigenvalue weighted by molar-refractivity contribution is 6.11. The molecule has 0 N–H and O–H groups in total. The van der Waals surface area contributed by atoms with Gasteiger partial charge >= 0.3 is 0 Å². The molecule has 2 heterocycles. The Kier molecular flexibility index (Phi) is 6.40. The molecular weight excluding hydrogens is 506 g/mol. The molecule has 6 rings (SSSR count). The molecule has 0 spiro atoms. The number of anilines is 1. The Morgan fingerprint density at radius 1 is 0.875 bits per heavy atom. The second kappa shape index (κ2) is 10.2. The highest BCUT2D eigenvalue weighted by Gasteiger charge is 2.44. The third kappa shape index (κ3) is 4.31. The molecule has 0 aliphatic carbocycles. The van der Waals surface area contributed by atoms with Crippen LogP contribution in [0, 0.1) is 0 Å². The SMILES string of the molecule is COc1cc(C2c3c(oc4ccccc4c3=O)C(=O)N2c2ccc(C(C)=O)cc2)ccc1OCc1ccccc1.